The summed E-state index contributed by atoms with van der Waals surface area (Å²) in [6.45, 7) is 1.26. The Morgan fingerprint density at radius 1 is 1.21 bits per heavy atom. The number of imidazole rings is 1. The molecule has 7 heteroatoms. The number of halogens is 1. The molecule has 144 valence electrons. The highest BCUT2D eigenvalue weighted by atomic mass is 19.1. The predicted octanol–water partition coefficient (Wildman–Crippen LogP) is 3.11. The molecule has 0 spiro atoms. The third kappa shape index (κ3) is 3.78. The molecule has 4 rings (SSSR count). The number of likely N-dealkylation sites (tertiary alicyclic amines) is 1. The fourth-order valence-corrected chi connectivity index (χ4v) is 3.67. The van der Waals surface area contributed by atoms with E-state index in [0.717, 1.165) is 36.5 Å². The van der Waals surface area contributed by atoms with E-state index in [4.69, 9.17) is 4.98 Å². The molecule has 3 heterocycles. The second-order valence-electron chi connectivity index (χ2n) is 7.18. The minimum absolute atomic E-state index is 0.148. The van der Waals surface area contributed by atoms with E-state index in [1.807, 2.05) is 17.8 Å². The molecule has 1 fully saturated rings. The zero-order valence-electron chi connectivity index (χ0n) is 15.8. The highest BCUT2D eigenvalue weighted by Crippen LogP contribution is 2.23. The molecule has 3 aromatic rings. The summed E-state index contributed by atoms with van der Waals surface area (Å²) in [5.74, 6) is 0.527. The number of piperidine rings is 1. The van der Waals surface area contributed by atoms with Crippen LogP contribution in [0.4, 0.5) is 4.39 Å². The van der Waals surface area contributed by atoms with Gasteiger partial charge < -0.3 is 9.47 Å². The van der Waals surface area contributed by atoms with Crippen LogP contribution in [0.15, 0.2) is 49.1 Å². The van der Waals surface area contributed by atoms with Crippen molar-refractivity contribution < 1.29 is 9.18 Å². The summed E-state index contributed by atoms with van der Waals surface area (Å²) in [7, 11) is 1.93. The van der Waals surface area contributed by atoms with Crippen LogP contribution in [0, 0.1) is 11.7 Å². The predicted molar refractivity (Wildman–Crippen MR) is 103 cm³/mol. The Balaban J connectivity index is 1.38. The number of rotatable bonds is 4. The number of aryl methyl sites for hydroxylation is 1. The Labute approximate surface area is 163 Å². The van der Waals surface area contributed by atoms with Gasteiger partial charge in [-0.25, -0.2) is 14.4 Å². The number of hydrogen-bond acceptors (Lipinski definition) is 4. The molecule has 0 radical (unpaired) electrons. The van der Waals surface area contributed by atoms with Gasteiger partial charge in [0.2, 0.25) is 0 Å². The largest absolute Gasteiger partial charge is 0.339 e. The van der Waals surface area contributed by atoms with Crippen LogP contribution >= 0.6 is 0 Å². The quantitative estimate of drug-likeness (QED) is 0.699. The van der Waals surface area contributed by atoms with Crippen molar-refractivity contribution in [3.05, 3.63) is 66.1 Å². The van der Waals surface area contributed by atoms with Gasteiger partial charge in [0.05, 0.1) is 17.5 Å². The van der Waals surface area contributed by atoms with Crippen molar-refractivity contribution in [1.29, 1.82) is 0 Å². The maximum atomic E-state index is 13.9. The topological polar surface area (TPSA) is 63.9 Å². The smallest absolute Gasteiger partial charge is 0.256 e. The van der Waals surface area contributed by atoms with E-state index in [0.29, 0.717) is 19.0 Å². The first-order valence-corrected chi connectivity index (χ1v) is 9.44. The number of nitrogens with zero attached hydrogens (tertiary/aromatic N) is 5. The number of aromatic nitrogens is 4. The van der Waals surface area contributed by atoms with Crippen LogP contribution in [0.3, 0.4) is 0 Å². The van der Waals surface area contributed by atoms with Gasteiger partial charge in [0.25, 0.3) is 5.91 Å². The van der Waals surface area contributed by atoms with Gasteiger partial charge in [0.1, 0.15) is 11.5 Å². The second kappa shape index (κ2) is 7.88. The summed E-state index contributed by atoms with van der Waals surface area (Å²) in [4.78, 5) is 27.6. The Bertz CT molecular complexity index is 978. The van der Waals surface area contributed by atoms with E-state index in [1.54, 1.807) is 41.7 Å². The standard InChI is InChI=1S/C21H22FN5O/c1-26-11-8-24-20(26)19-14-23-13-16(25-19)12-15-6-9-27(10-7-15)21(28)17-4-2-3-5-18(17)22/h2-5,8,11,13-15H,6-7,9-10,12H2,1H3. The van der Waals surface area contributed by atoms with E-state index >= 15 is 0 Å². The van der Waals surface area contributed by atoms with Crippen LogP contribution in [0.2, 0.25) is 0 Å². The molecule has 0 unspecified atom stereocenters. The van der Waals surface area contributed by atoms with Crippen LogP contribution in [0.5, 0.6) is 0 Å². The Kier molecular flexibility index (Phi) is 5.14. The molecule has 0 atom stereocenters. The van der Waals surface area contributed by atoms with E-state index in [-0.39, 0.29) is 11.5 Å². The Hall–Kier alpha value is -3.09. The fourth-order valence-electron chi connectivity index (χ4n) is 3.67. The van der Waals surface area contributed by atoms with Crippen LogP contribution < -0.4 is 0 Å². The highest BCUT2D eigenvalue weighted by Gasteiger charge is 2.25. The molecule has 2 aromatic heterocycles. The molecule has 1 aromatic carbocycles. The van der Waals surface area contributed by atoms with Gasteiger partial charge in [-0.2, -0.15) is 0 Å². The van der Waals surface area contributed by atoms with Gasteiger partial charge in [-0.05, 0) is 37.3 Å². The zero-order valence-corrected chi connectivity index (χ0v) is 15.8. The zero-order chi connectivity index (χ0) is 19.5. The molecule has 28 heavy (non-hydrogen) atoms. The van der Waals surface area contributed by atoms with Crippen molar-refractivity contribution in [3.63, 3.8) is 0 Å². The van der Waals surface area contributed by atoms with Crippen molar-refractivity contribution in [2.75, 3.05) is 13.1 Å². The number of hydrogen-bond donors (Lipinski definition) is 0. The lowest BCUT2D eigenvalue weighted by Crippen LogP contribution is -2.39. The van der Waals surface area contributed by atoms with E-state index in [1.165, 1.54) is 6.07 Å². The lowest BCUT2D eigenvalue weighted by Gasteiger charge is -2.32. The average Bonchev–Trinajstić information content (AvgIpc) is 3.15. The summed E-state index contributed by atoms with van der Waals surface area (Å²) in [5, 5.41) is 0. The number of benzene rings is 1. The van der Waals surface area contributed by atoms with E-state index in [9.17, 15) is 9.18 Å². The lowest BCUT2D eigenvalue weighted by atomic mass is 9.92. The monoisotopic (exact) mass is 379 g/mol. The molecule has 6 nitrogen and oxygen atoms in total. The summed E-state index contributed by atoms with van der Waals surface area (Å²) < 4.78 is 15.8. The second-order valence-corrected chi connectivity index (χ2v) is 7.18. The van der Waals surface area contributed by atoms with Gasteiger partial charge >= 0.3 is 0 Å². The van der Waals surface area contributed by atoms with Crippen molar-refractivity contribution in [2.45, 2.75) is 19.3 Å². The maximum absolute atomic E-state index is 13.9. The molecule has 0 N–H and O–H groups in total. The summed E-state index contributed by atoms with van der Waals surface area (Å²) >= 11 is 0. The van der Waals surface area contributed by atoms with E-state index in [2.05, 4.69) is 9.97 Å². The minimum atomic E-state index is -0.462. The van der Waals surface area contributed by atoms with E-state index < -0.39 is 5.82 Å². The third-order valence-corrected chi connectivity index (χ3v) is 5.24. The summed E-state index contributed by atoms with van der Waals surface area (Å²) in [6, 6.07) is 6.16. The van der Waals surface area contributed by atoms with Gasteiger partial charge in [-0.3, -0.25) is 9.78 Å². The molecular weight excluding hydrogens is 357 g/mol. The van der Waals surface area contributed by atoms with Crippen molar-refractivity contribution in [2.24, 2.45) is 13.0 Å². The summed E-state index contributed by atoms with van der Waals surface area (Å²) in [5.41, 5.74) is 1.84. The van der Waals surface area contributed by atoms with Gasteiger partial charge in [0, 0.05) is 38.7 Å². The molecule has 0 saturated carbocycles. The average molecular weight is 379 g/mol. The first-order valence-electron chi connectivity index (χ1n) is 9.44. The molecule has 1 amide bonds. The molecular formula is C21H22FN5O. The minimum Gasteiger partial charge on any atom is -0.339 e. The lowest BCUT2D eigenvalue weighted by molar-refractivity contribution is 0.0685. The molecule has 1 saturated heterocycles. The van der Waals surface area contributed by atoms with Crippen LogP contribution in [-0.2, 0) is 13.5 Å². The first kappa shape index (κ1) is 18.3. The molecule has 1 aliphatic rings. The van der Waals surface area contributed by atoms with Crippen LogP contribution in [0.25, 0.3) is 11.5 Å². The Morgan fingerprint density at radius 2 is 2.00 bits per heavy atom. The molecule has 0 aliphatic carbocycles. The number of carbonyl (C=O) groups excluding carboxylic acids is 1. The van der Waals surface area contributed by atoms with Gasteiger partial charge in [-0.15, -0.1) is 0 Å². The SMILES string of the molecule is Cn1ccnc1-c1cncc(CC2CCN(C(=O)c3ccccc3F)CC2)n1. The number of amides is 1. The third-order valence-electron chi connectivity index (χ3n) is 5.24. The highest BCUT2D eigenvalue weighted by molar-refractivity contribution is 5.94. The normalized spacial score (nSPS) is 15.0. The van der Waals surface area contributed by atoms with Gasteiger partial charge in [-0.1, -0.05) is 12.1 Å². The maximum Gasteiger partial charge on any atom is 0.256 e. The van der Waals surface area contributed by atoms with Crippen LogP contribution in [0.1, 0.15) is 28.9 Å². The fraction of sp³-hybridized carbons (Fsp3) is 0.333. The van der Waals surface area contributed by atoms with Gasteiger partial charge in [0.15, 0.2) is 5.82 Å². The summed E-state index contributed by atoms with van der Waals surface area (Å²) in [6.07, 6.45) is 9.69. The van der Waals surface area contributed by atoms with Crippen molar-refractivity contribution in [1.82, 2.24) is 24.4 Å². The van der Waals surface area contributed by atoms with Crippen molar-refractivity contribution in [3.8, 4) is 11.5 Å². The number of carbonyl (C=O) groups is 1. The molecule has 0 bridgehead atoms. The first-order chi connectivity index (χ1) is 13.6. The molecule has 1 aliphatic heterocycles. The Morgan fingerprint density at radius 3 is 2.71 bits per heavy atom. The van der Waals surface area contributed by atoms with Crippen molar-refractivity contribution >= 4 is 5.91 Å². The van der Waals surface area contributed by atoms with Crippen LogP contribution in [-0.4, -0.2) is 43.4 Å².